The number of benzene rings is 3. The predicted molar refractivity (Wildman–Crippen MR) is 204 cm³/mol. The summed E-state index contributed by atoms with van der Waals surface area (Å²) in [6.07, 6.45) is 7.75. The smallest absolute Gasteiger partial charge is 0.137 e. The van der Waals surface area contributed by atoms with Crippen LogP contribution in [0.1, 0.15) is 95.3 Å². The summed E-state index contributed by atoms with van der Waals surface area (Å²) in [5, 5.41) is 7.54. The Bertz CT molecular complexity index is 2210. The van der Waals surface area contributed by atoms with Crippen LogP contribution in [0.5, 0.6) is 11.5 Å². The van der Waals surface area contributed by atoms with E-state index in [-0.39, 0.29) is 5.41 Å². The van der Waals surface area contributed by atoms with Gasteiger partial charge in [-0.05, 0) is 111 Å². The molecule has 0 saturated heterocycles. The third-order valence-corrected chi connectivity index (χ3v) is 10.4. The van der Waals surface area contributed by atoms with Gasteiger partial charge in [-0.25, -0.2) is 9.67 Å². The zero-order chi connectivity index (χ0) is 34.6. The van der Waals surface area contributed by atoms with Gasteiger partial charge >= 0.3 is 0 Å². The van der Waals surface area contributed by atoms with Crippen molar-refractivity contribution >= 4 is 21.8 Å². The Morgan fingerprint density at radius 3 is 2.41 bits per heavy atom. The molecule has 7 rings (SSSR count). The maximum absolute atomic E-state index is 6.79. The van der Waals surface area contributed by atoms with Crippen LogP contribution >= 0.6 is 0 Å². The Kier molecular flexibility index (Phi) is 8.50. The van der Waals surface area contributed by atoms with Gasteiger partial charge in [-0.3, -0.25) is 4.57 Å². The van der Waals surface area contributed by atoms with E-state index in [0.29, 0.717) is 17.8 Å². The minimum absolute atomic E-state index is 0.0761. The van der Waals surface area contributed by atoms with Crippen molar-refractivity contribution in [2.24, 2.45) is 11.8 Å². The maximum Gasteiger partial charge on any atom is 0.137 e. The quantitative estimate of drug-likeness (QED) is 0.162. The summed E-state index contributed by atoms with van der Waals surface area (Å²) in [4.78, 5) is 4.86. The lowest BCUT2D eigenvalue weighted by Gasteiger charge is -2.29. The van der Waals surface area contributed by atoms with E-state index < -0.39 is 0 Å². The number of nitrogens with zero attached hydrogens (tertiary/aromatic N) is 4. The Hall–Kier alpha value is -4.64. The number of pyridine rings is 1. The van der Waals surface area contributed by atoms with E-state index >= 15 is 0 Å². The van der Waals surface area contributed by atoms with Gasteiger partial charge in [-0.15, -0.1) is 0 Å². The van der Waals surface area contributed by atoms with Crippen LogP contribution < -0.4 is 4.74 Å². The molecular formula is C44H50N4O. The van der Waals surface area contributed by atoms with E-state index in [1.54, 1.807) is 0 Å². The van der Waals surface area contributed by atoms with Gasteiger partial charge in [0.15, 0.2) is 0 Å². The second-order valence-electron chi connectivity index (χ2n) is 15.7. The first-order valence-electron chi connectivity index (χ1n) is 17.9. The molecule has 1 aliphatic rings. The topological polar surface area (TPSA) is 44.9 Å². The van der Waals surface area contributed by atoms with Crippen molar-refractivity contribution in [3.63, 3.8) is 0 Å². The van der Waals surface area contributed by atoms with Crippen molar-refractivity contribution in [1.82, 2.24) is 19.3 Å². The highest BCUT2D eigenvalue weighted by Crippen LogP contribution is 2.42. The number of para-hydroxylation sites is 1. The molecule has 0 amide bonds. The number of hydrogen-bond donors (Lipinski definition) is 0. The van der Waals surface area contributed by atoms with Gasteiger partial charge in [0.05, 0.1) is 22.4 Å². The molecular weight excluding hydrogens is 601 g/mol. The van der Waals surface area contributed by atoms with E-state index in [9.17, 15) is 0 Å². The molecule has 5 nitrogen and oxygen atoms in total. The SMILES string of the molecule is CC1=CCC[C@H](C)[C@H]1c1c(C)nn(-c2cc(Oc3ccc4c5ccccc5n(-c5cc(CC(C)C)ccn5)c4c3)cc(C(C)(C)C)c2)c1C. The van der Waals surface area contributed by atoms with Crippen molar-refractivity contribution in [3.05, 3.63) is 119 Å². The fraction of sp³-hybridized carbons (Fsp3) is 0.364. The van der Waals surface area contributed by atoms with Crippen LogP contribution in [0.3, 0.4) is 0 Å². The molecule has 252 valence electrons. The molecule has 0 fully saturated rings. The Morgan fingerprint density at radius 1 is 0.878 bits per heavy atom. The number of ether oxygens (including phenoxy) is 1. The van der Waals surface area contributed by atoms with Crippen molar-refractivity contribution < 1.29 is 4.74 Å². The minimum Gasteiger partial charge on any atom is -0.457 e. The normalized spacial score (nSPS) is 16.9. The third-order valence-electron chi connectivity index (χ3n) is 10.4. The largest absolute Gasteiger partial charge is 0.457 e. The molecule has 0 radical (unpaired) electrons. The fourth-order valence-corrected chi connectivity index (χ4v) is 7.96. The minimum atomic E-state index is -0.0761. The number of fused-ring (bicyclic) bond motifs is 3. The molecule has 0 spiro atoms. The highest BCUT2D eigenvalue weighted by Gasteiger charge is 2.30. The molecule has 49 heavy (non-hydrogen) atoms. The van der Waals surface area contributed by atoms with Crippen LogP contribution in [0.4, 0.5) is 0 Å². The molecule has 3 heterocycles. The van der Waals surface area contributed by atoms with Crippen LogP contribution in [0.2, 0.25) is 0 Å². The van der Waals surface area contributed by atoms with E-state index in [2.05, 4.69) is 150 Å². The molecule has 0 N–H and O–H groups in total. The fourth-order valence-electron chi connectivity index (χ4n) is 7.96. The van der Waals surface area contributed by atoms with Gasteiger partial charge in [-0.2, -0.15) is 5.10 Å². The zero-order valence-corrected chi connectivity index (χ0v) is 30.6. The summed E-state index contributed by atoms with van der Waals surface area (Å²) in [5.74, 6) is 4.09. The summed E-state index contributed by atoms with van der Waals surface area (Å²) in [5.41, 5.74) is 10.8. The molecule has 0 saturated carbocycles. The Balaban J connectivity index is 1.33. The van der Waals surface area contributed by atoms with Crippen molar-refractivity contribution in [3.8, 4) is 23.0 Å². The summed E-state index contributed by atoms with van der Waals surface area (Å²) < 4.78 is 11.2. The maximum atomic E-state index is 6.79. The average molecular weight is 651 g/mol. The molecule has 3 aromatic carbocycles. The van der Waals surface area contributed by atoms with E-state index in [4.69, 9.17) is 14.8 Å². The lowest BCUT2D eigenvalue weighted by Crippen LogP contribution is -2.16. The molecule has 0 aliphatic heterocycles. The predicted octanol–water partition coefficient (Wildman–Crippen LogP) is 11.7. The second-order valence-corrected chi connectivity index (χ2v) is 15.7. The molecule has 2 atom stereocenters. The first-order chi connectivity index (χ1) is 23.4. The lowest BCUT2D eigenvalue weighted by atomic mass is 9.75. The zero-order valence-electron chi connectivity index (χ0n) is 30.6. The highest BCUT2D eigenvalue weighted by molar-refractivity contribution is 6.09. The van der Waals surface area contributed by atoms with Gasteiger partial charge in [0.1, 0.15) is 17.3 Å². The Morgan fingerprint density at radius 2 is 1.65 bits per heavy atom. The lowest BCUT2D eigenvalue weighted by molar-refractivity contribution is 0.447. The van der Waals surface area contributed by atoms with Gasteiger partial charge in [0.2, 0.25) is 0 Å². The number of aromatic nitrogens is 4. The summed E-state index contributed by atoms with van der Waals surface area (Å²) >= 11 is 0. The van der Waals surface area contributed by atoms with Crippen LogP contribution in [0.15, 0.2) is 90.6 Å². The Labute approximate surface area is 291 Å². The summed E-state index contributed by atoms with van der Waals surface area (Å²) in [7, 11) is 0. The van der Waals surface area contributed by atoms with Gasteiger partial charge in [0.25, 0.3) is 0 Å². The van der Waals surface area contributed by atoms with Crippen LogP contribution in [-0.2, 0) is 11.8 Å². The molecule has 0 unspecified atom stereocenters. The highest BCUT2D eigenvalue weighted by atomic mass is 16.5. The molecule has 3 aromatic heterocycles. The number of aryl methyl sites for hydroxylation is 1. The van der Waals surface area contributed by atoms with E-state index in [1.807, 2.05) is 6.20 Å². The van der Waals surface area contributed by atoms with Gasteiger partial charge in [0, 0.05) is 46.3 Å². The second kappa shape index (κ2) is 12.7. The summed E-state index contributed by atoms with van der Waals surface area (Å²) in [6.45, 7) is 20.4. The van der Waals surface area contributed by atoms with Crippen LogP contribution in [0.25, 0.3) is 33.3 Å². The van der Waals surface area contributed by atoms with Crippen LogP contribution in [-0.4, -0.2) is 19.3 Å². The summed E-state index contributed by atoms with van der Waals surface area (Å²) in [6, 6.07) is 26.0. The molecule has 0 bridgehead atoms. The number of hydrogen-bond acceptors (Lipinski definition) is 3. The average Bonchev–Trinajstić information content (AvgIpc) is 3.53. The molecule has 1 aliphatic carbocycles. The molecule has 6 aromatic rings. The van der Waals surface area contributed by atoms with Gasteiger partial charge in [-0.1, -0.05) is 71.4 Å². The monoisotopic (exact) mass is 650 g/mol. The standard InChI is InChI=1S/C44H50N4O/c1-27(2)21-32-19-20-45-41(22-32)47-39-16-11-10-15-37(39)38-18-17-35(26-40(38)47)49-36-24-33(44(7,8)9)23-34(25-36)48-31(6)43(30(5)46-48)42-28(3)13-12-14-29(42)4/h10-11,13,15-20,22-27,29,42H,12,14,21H2,1-9H3/t29-,42-/m0/s1. The molecule has 5 heteroatoms. The number of allylic oxidation sites excluding steroid dienone is 2. The van der Waals surface area contributed by atoms with E-state index in [0.717, 1.165) is 52.6 Å². The number of rotatable bonds is 7. The first-order valence-corrected chi connectivity index (χ1v) is 17.9. The first kappa shape index (κ1) is 32.9. The van der Waals surface area contributed by atoms with Gasteiger partial charge < -0.3 is 4.74 Å². The van der Waals surface area contributed by atoms with Crippen molar-refractivity contribution in [1.29, 1.82) is 0 Å². The van der Waals surface area contributed by atoms with E-state index in [1.165, 1.54) is 45.2 Å². The third kappa shape index (κ3) is 6.20. The van der Waals surface area contributed by atoms with Crippen LogP contribution in [0, 0.1) is 25.7 Å². The van der Waals surface area contributed by atoms with Crippen molar-refractivity contribution in [2.75, 3.05) is 0 Å². The van der Waals surface area contributed by atoms with Crippen molar-refractivity contribution in [2.45, 2.75) is 92.9 Å².